The highest BCUT2D eigenvalue weighted by Crippen LogP contribution is 2.27. The summed E-state index contributed by atoms with van der Waals surface area (Å²) in [6, 6.07) is 7.12. The topological polar surface area (TPSA) is 59.1 Å². The summed E-state index contributed by atoms with van der Waals surface area (Å²) in [6.07, 6.45) is 1.43. The number of rotatable bonds is 3. The number of aromatic nitrogens is 1. The SMILES string of the molecule is O=S(=O)(Nc1ncccc1Cl)c1ccc(Cl)c(Cl)c1. The molecule has 0 aliphatic heterocycles. The van der Waals surface area contributed by atoms with Gasteiger partial charge >= 0.3 is 0 Å². The number of sulfonamides is 1. The lowest BCUT2D eigenvalue weighted by Crippen LogP contribution is -2.14. The molecule has 0 saturated heterocycles. The smallest absolute Gasteiger partial charge is 0.262 e. The fraction of sp³-hybridized carbons (Fsp3) is 0. The highest BCUT2D eigenvalue weighted by Gasteiger charge is 2.17. The van der Waals surface area contributed by atoms with Crippen molar-refractivity contribution >= 4 is 50.6 Å². The highest BCUT2D eigenvalue weighted by molar-refractivity contribution is 7.92. The van der Waals surface area contributed by atoms with Gasteiger partial charge in [-0.05, 0) is 30.3 Å². The molecule has 2 aromatic rings. The van der Waals surface area contributed by atoms with Crippen LogP contribution in [0.5, 0.6) is 0 Å². The van der Waals surface area contributed by atoms with Crippen molar-refractivity contribution in [2.45, 2.75) is 4.90 Å². The van der Waals surface area contributed by atoms with Gasteiger partial charge in [0.1, 0.15) is 0 Å². The van der Waals surface area contributed by atoms with E-state index in [1.54, 1.807) is 6.07 Å². The predicted molar refractivity (Wildman–Crippen MR) is 76.5 cm³/mol. The first kappa shape index (κ1) is 14.4. The van der Waals surface area contributed by atoms with Crippen molar-refractivity contribution in [2.75, 3.05) is 4.72 Å². The lowest BCUT2D eigenvalue weighted by atomic mass is 10.4. The van der Waals surface area contributed by atoms with E-state index in [1.165, 1.54) is 30.5 Å². The maximum Gasteiger partial charge on any atom is 0.263 e. The number of pyridine rings is 1. The Labute approximate surface area is 125 Å². The molecule has 19 heavy (non-hydrogen) atoms. The quantitative estimate of drug-likeness (QED) is 0.925. The van der Waals surface area contributed by atoms with Gasteiger partial charge in [0.15, 0.2) is 5.82 Å². The zero-order valence-electron chi connectivity index (χ0n) is 9.27. The van der Waals surface area contributed by atoms with Gasteiger partial charge in [0.2, 0.25) is 0 Å². The molecule has 1 aromatic heterocycles. The Balaban J connectivity index is 2.38. The first-order chi connectivity index (χ1) is 8.90. The van der Waals surface area contributed by atoms with Crippen LogP contribution in [0, 0.1) is 0 Å². The molecule has 4 nitrogen and oxygen atoms in total. The van der Waals surface area contributed by atoms with Gasteiger partial charge in [0, 0.05) is 6.20 Å². The van der Waals surface area contributed by atoms with Crippen LogP contribution in [0.2, 0.25) is 15.1 Å². The van der Waals surface area contributed by atoms with Crippen molar-refractivity contribution in [2.24, 2.45) is 0 Å². The maximum atomic E-state index is 12.1. The number of hydrogen-bond acceptors (Lipinski definition) is 3. The molecule has 2 rings (SSSR count). The highest BCUT2D eigenvalue weighted by atomic mass is 35.5. The predicted octanol–water partition coefficient (Wildman–Crippen LogP) is 3.84. The van der Waals surface area contributed by atoms with E-state index in [-0.39, 0.29) is 25.8 Å². The molecular weight excluding hydrogens is 331 g/mol. The molecule has 0 saturated carbocycles. The van der Waals surface area contributed by atoms with Crippen LogP contribution < -0.4 is 4.72 Å². The van der Waals surface area contributed by atoms with E-state index >= 15 is 0 Å². The third-order valence-corrected chi connectivity index (χ3v) is 4.57. The third-order valence-electron chi connectivity index (χ3n) is 2.19. The summed E-state index contributed by atoms with van der Waals surface area (Å²) in [4.78, 5) is 3.82. The average molecular weight is 338 g/mol. The molecule has 100 valence electrons. The third kappa shape index (κ3) is 3.30. The van der Waals surface area contributed by atoms with E-state index in [2.05, 4.69) is 9.71 Å². The zero-order chi connectivity index (χ0) is 14.0. The van der Waals surface area contributed by atoms with Gasteiger partial charge in [0.25, 0.3) is 10.0 Å². The molecule has 0 fully saturated rings. The maximum absolute atomic E-state index is 12.1. The van der Waals surface area contributed by atoms with Crippen molar-refractivity contribution in [3.8, 4) is 0 Å². The summed E-state index contributed by atoms with van der Waals surface area (Å²) < 4.78 is 26.5. The lowest BCUT2D eigenvalue weighted by molar-refractivity contribution is 0.601. The van der Waals surface area contributed by atoms with Crippen LogP contribution in [-0.4, -0.2) is 13.4 Å². The second kappa shape index (κ2) is 5.54. The second-order valence-corrected chi connectivity index (χ2v) is 6.42. The Morgan fingerprint density at radius 1 is 1.00 bits per heavy atom. The first-order valence-corrected chi connectivity index (χ1v) is 7.60. The average Bonchev–Trinajstić information content (AvgIpc) is 2.35. The van der Waals surface area contributed by atoms with Crippen LogP contribution in [-0.2, 0) is 10.0 Å². The first-order valence-electron chi connectivity index (χ1n) is 4.98. The fourth-order valence-electron chi connectivity index (χ4n) is 1.29. The molecule has 0 amide bonds. The lowest BCUT2D eigenvalue weighted by Gasteiger charge is -2.09. The van der Waals surface area contributed by atoms with Crippen LogP contribution in [0.15, 0.2) is 41.4 Å². The van der Waals surface area contributed by atoms with Crippen LogP contribution in [0.1, 0.15) is 0 Å². The van der Waals surface area contributed by atoms with E-state index in [0.29, 0.717) is 0 Å². The Hall–Kier alpha value is -1.01. The standard InChI is InChI=1S/C11H7Cl3N2O2S/c12-8-4-3-7(6-10(8)14)19(17,18)16-11-9(13)2-1-5-15-11/h1-6H,(H,15,16). The van der Waals surface area contributed by atoms with E-state index in [0.717, 1.165) is 0 Å². The molecule has 8 heteroatoms. The van der Waals surface area contributed by atoms with E-state index < -0.39 is 10.0 Å². The van der Waals surface area contributed by atoms with Crippen molar-refractivity contribution in [3.63, 3.8) is 0 Å². The normalized spacial score (nSPS) is 11.3. The van der Waals surface area contributed by atoms with Crippen LogP contribution in [0.3, 0.4) is 0 Å². The molecule has 0 unspecified atom stereocenters. The molecule has 0 spiro atoms. The Bertz CT molecular complexity index is 720. The van der Waals surface area contributed by atoms with Gasteiger partial charge < -0.3 is 0 Å². The fourth-order valence-corrected chi connectivity index (χ4v) is 2.93. The van der Waals surface area contributed by atoms with E-state index in [9.17, 15) is 8.42 Å². The van der Waals surface area contributed by atoms with Gasteiger partial charge in [-0.1, -0.05) is 34.8 Å². The summed E-state index contributed by atoms with van der Waals surface area (Å²) in [5.74, 6) is 0.0511. The molecule has 0 aliphatic rings. The van der Waals surface area contributed by atoms with E-state index in [1.807, 2.05) is 0 Å². The summed E-state index contributed by atoms with van der Waals surface area (Å²) in [7, 11) is -3.82. The van der Waals surface area contributed by atoms with Crippen LogP contribution >= 0.6 is 34.8 Å². The van der Waals surface area contributed by atoms with Crippen molar-refractivity contribution in [1.29, 1.82) is 0 Å². The number of benzene rings is 1. The molecule has 1 heterocycles. The minimum Gasteiger partial charge on any atom is -0.262 e. The van der Waals surface area contributed by atoms with Gasteiger partial charge in [0.05, 0.1) is 20.0 Å². The number of halogens is 3. The Morgan fingerprint density at radius 3 is 2.37 bits per heavy atom. The summed E-state index contributed by atoms with van der Waals surface area (Å²) in [6.45, 7) is 0. The van der Waals surface area contributed by atoms with Gasteiger partial charge in [-0.3, -0.25) is 4.72 Å². The van der Waals surface area contributed by atoms with Crippen molar-refractivity contribution in [1.82, 2.24) is 4.98 Å². The summed E-state index contributed by atoms with van der Waals surface area (Å²) in [5.41, 5.74) is 0. The number of nitrogens with zero attached hydrogens (tertiary/aromatic N) is 1. The largest absolute Gasteiger partial charge is 0.263 e. The monoisotopic (exact) mass is 336 g/mol. The number of hydrogen-bond donors (Lipinski definition) is 1. The zero-order valence-corrected chi connectivity index (χ0v) is 12.4. The van der Waals surface area contributed by atoms with E-state index in [4.69, 9.17) is 34.8 Å². The van der Waals surface area contributed by atoms with Crippen LogP contribution in [0.4, 0.5) is 5.82 Å². The number of nitrogens with one attached hydrogen (secondary N) is 1. The van der Waals surface area contributed by atoms with Gasteiger partial charge in [-0.25, -0.2) is 13.4 Å². The minimum atomic E-state index is -3.82. The second-order valence-electron chi connectivity index (χ2n) is 3.52. The molecule has 0 radical (unpaired) electrons. The Kier molecular flexibility index (Phi) is 4.20. The molecular formula is C11H7Cl3N2O2S. The molecule has 0 bridgehead atoms. The minimum absolute atomic E-state index is 0.0244. The van der Waals surface area contributed by atoms with Crippen LogP contribution in [0.25, 0.3) is 0 Å². The molecule has 0 atom stereocenters. The molecule has 0 aliphatic carbocycles. The van der Waals surface area contributed by atoms with Crippen molar-refractivity contribution in [3.05, 3.63) is 51.6 Å². The number of anilines is 1. The molecule has 1 aromatic carbocycles. The Morgan fingerprint density at radius 2 is 1.74 bits per heavy atom. The summed E-state index contributed by atoms with van der Waals surface area (Å²) in [5, 5.41) is 0.624. The summed E-state index contributed by atoms with van der Waals surface area (Å²) >= 11 is 17.4. The van der Waals surface area contributed by atoms with Gasteiger partial charge in [-0.2, -0.15) is 0 Å². The van der Waals surface area contributed by atoms with Crippen molar-refractivity contribution < 1.29 is 8.42 Å². The van der Waals surface area contributed by atoms with Gasteiger partial charge in [-0.15, -0.1) is 0 Å². The molecule has 1 N–H and O–H groups in total.